The van der Waals surface area contributed by atoms with E-state index >= 15 is 0 Å². The van der Waals surface area contributed by atoms with Crippen LogP contribution in [0.5, 0.6) is 5.75 Å². The summed E-state index contributed by atoms with van der Waals surface area (Å²) in [7, 11) is 0. The molecule has 3 nitrogen and oxygen atoms in total. The fourth-order valence-corrected chi connectivity index (χ4v) is 6.94. The predicted molar refractivity (Wildman–Crippen MR) is 136 cm³/mol. The Balaban J connectivity index is 1.52. The van der Waals surface area contributed by atoms with Crippen molar-refractivity contribution in [2.24, 2.45) is 0 Å². The molecule has 30 heavy (non-hydrogen) atoms. The first-order chi connectivity index (χ1) is 14.6. The summed E-state index contributed by atoms with van der Waals surface area (Å²) in [6.07, 6.45) is 6.80. The first-order valence-corrected chi connectivity index (χ1v) is 13.6. The number of halogens is 1. The van der Waals surface area contributed by atoms with Crippen molar-refractivity contribution in [1.82, 2.24) is 0 Å². The lowest BCUT2D eigenvalue weighted by molar-refractivity contribution is 0.208. The average molecular weight is 532 g/mol. The van der Waals surface area contributed by atoms with Crippen LogP contribution in [0.3, 0.4) is 0 Å². The van der Waals surface area contributed by atoms with Gasteiger partial charge in [-0.1, -0.05) is 62.4 Å². The molecule has 156 valence electrons. The molecule has 1 aromatic heterocycles. The number of allylic oxidation sites excluding steroid dienone is 1. The van der Waals surface area contributed by atoms with Crippen molar-refractivity contribution >= 4 is 45.8 Å². The van der Waals surface area contributed by atoms with Crippen LogP contribution in [0.4, 0.5) is 0 Å². The minimum atomic E-state index is -0.245. The number of hydrogen-bond acceptors (Lipinski definition) is 4. The fraction of sp³-hybridized carbons (Fsp3) is 0.280. The third kappa shape index (κ3) is 5.25. The van der Waals surface area contributed by atoms with Gasteiger partial charge >= 0.3 is 0 Å². The summed E-state index contributed by atoms with van der Waals surface area (Å²) < 4.78 is 8.86. The topological polar surface area (TPSA) is 46.5 Å². The van der Waals surface area contributed by atoms with Gasteiger partial charge in [0.05, 0.1) is 6.10 Å². The molecule has 0 saturated carbocycles. The van der Waals surface area contributed by atoms with E-state index in [0.717, 1.165) is 60.8 Å². The quantitative estimate of drug-likeness (QED) is 0.166. The standard InChI is InChI=1S/C25H25IO3S/c1-2-3-4-5-6-17-7-9-18(10-8-17)22-13-19-11-12-21(15-23(19)30-25(22)28)29-24-14-20(27)16-26-24/h2,7-13,15,20,27H,1,3-6,14,16H2. The minimum Gasteiger partial charge on any atom is -0.456 e. The van der Waals surface area contributed by atoms with E-state index in [2.05, 4.69) is 30.8 Å². The SMILES string of the molecule is C=CCCCCc1ccc(-c2cc3ccc(OC4=ICC(O)C4)cc3sc2=O)cc1. The van der Waals surface area contributed by atoms with E-state index in [-0.39, 0.29) is 31.6 Å². The monoisotopic (exact) mass is 532 g/mol. The van der Waals surface area contributed by atoms with Crippen molar-refractivity contribution in [3.8, 4) is 16.9 Å². The number of alkyl halides is 1. The van der Waals surface area contributed by atoms with Crippen molar-refractivity contribution in [1.29, 1.82) is 0 Å². The van der Waals surface area contributed by atoms with Crippen LogP contribution in [-0.4, -0.2) is 19.3 Å². The molecule has 4 rings (SSSR count). The van der Waals surface area contributed by atoms with Crippen LogP contribution in [0.25, 0.3) is 21.2 Å². The number of aliphatic hydroxyl groups excluding tert-OH is 1. The van der Waals surface area contributed by atoms with Gasteiger partial charge in [-0.15, -0.1) is 6.58 Å². The van der Waals surface area contributed by atoms with Gasteiger partial charge < -0.3 is 9.84 Å². The minimum absolute atomic E-state index is 0.0646. The van der Waals surface area contributed by atoms with Gasteiger partial charge in [-0.2, -0.15) is 0 Å². The molecule has 0 saturated heterocycles. The number of aliphatic hydroxyl groups is 1. The number of ether oxygens (including phenoxy) is 1. The van der Waals surface area contributed by atoms with E-state index in [4.69, 9.17) is 4.74 Å². The molecule has 0 bridgehead atoms. The fourth-order valence-electron chi connectivity index (χ4n) is 3.49. The Labute approximate surface area is 190 Å². The molecule has 0 amide bonds. The summed E-state index contributed by atoms with van der Waals surface area (Å²) >= 11 is 1.06. The summed E-state index contributed by atoms with van der Waals surface area (Å²) in [5.41, 5.74) is 3.02. The Morgan fingerprint density at radius 2 is 2.00 bits per heavy atom. The van der Waals surface area contributed by atoms with E-state index in [9.17, 15) is 9.90 Å². The highest BCUT2D eigenvalue weighted by molar-refractivity contribution is 14.2. The van der Waals surface area contributed by atoms with E-state index < -0.39 is 0 Å². The Morgan fingerprint density at radius 1 is 1.17 bits per heavy atom. The summed E-state index contributed by atoms with van der Waals surface area (Å²) in [6.45, 7) is 3.77. The highest BCUT2D eigenvalue weighted by atomic mass is 127. The second-order valence-corrected chi connectivity index (χ2v) is 11.3. The second-order valence-electron chi connectivity index (χ2n) is 7.48. The van der Waals surface area contributed by atoms with Crippen LogP contribution >= 0.6 is 32.1 Å². The molecule has 0 spiro atoms. The van der Waals surface area contributed by atoms with Crippen LogP contribution in [-0.2, 0) is 6.42 Å². The number of unbranched alkanes of at least 4 members (excludes halogenated alkanes) is 2. The van der Waals surface area contributed by atoms with Crippen LogP contribution in [0, 0.1) is 0 Å². The van der Waals surface area contributed by atoms with Crippen LogP contribution in [0.15, 0.2) is 66.0 Å². The smallest absolute Gasteiger partial charge is 0.240 e. The molecule has 0 aliphatic carbocycles. The van der Waals surface area contributed by atoms with Gasteiger partial charge in [0.2, 0.25) is 4.74 Å². The third-order valence-corrected chi connectivity index (χ3v) is 9.07. The van der Waals surface area contributed by atoms with Gasteiger partial charge in [0, 0.05) is 21.1 Å². The molecule has 1 aliphatic rings. The normalized spacial score (nSPS) is 16.2. The summed E-state index contributed by atoms with van der Waals surface area (Å²) in [5, 5.41) is 10.7. The van der Waals surface area contributed by atoms with Crippen LogP contribution < -0.4 is 9.48 Å². The van der Waals surface area contributed by atoms with E-state index in [1.54, 1.807) is 0 Å². The molecule has 3 aromatic rings. The Hall–Kier alpha value is -1.83. The van der Waals surface area contributed by atoms with Gasteiger partial charge in [0.25, 0.3) is 0 Å². The van der Waals surface area contributed by atoms with E-state index in [1.807, 2.05) is 30.3 Å². The highest BCUT2D eigenvalue weighted by Crippen LogP contribution is 2.29. The molecular weight excluding hydrogens is 507 g/mol. The van der Waals surface area contributed by atoms with Crippen molar-refractivity contribution in [2.75, 3.05) is 4.43 Å². The maximum absolute atomic E-state index is 12.8. The van der Waals surface area contributed by atoms with Crippen LogP contribution in [0.2, 0.25) is 0 Å². The molecule has 0 radical (unpaired) electrons. The van der Waals surface area contributed by atoms with Gasteiger partial charge in [0.15, 0.2) is 0 Å². The molecule has 5 heteroatoms. The number of hydrogen-bond donors (Lipinski definition) is 1. The lowest BCUT2D eigenvalue weighted by Gasteiger charge is -2.08. The Bertz CT molecular complexity index is 1130. The maximum Gasteiger partial charge on any atom is 0.240 e. The maximum atomic E-state index is 12.8. The molecule has 2 heterocycles. The Kier molecular flexibility index (Phi) is 7.12. The lowest BCUT2D eigenvalue weighted by Crippen LogP contribution is -2.11. The summed E-state index contributed by atoms with van der Waals surface area (Å²) in [6, 6.07) is 16.3. The molecule has 1 unspecified atom stereocenters. The van der Waals surface area contributed by atoms with Gasteiger partial charge in [0.1, 0.15) is 9.44 Å². The molecule has 1 N–H and O–H groups in total. The number of benzene rings is 2. The van der Waals surface area contributed by atoms with E-state index in [1.165, 1.54) is 16.9 Å². The number of rotatable bonds is 8. The predicted octanol–water partition coefficient (Wildman–Crippen LogP) is 6.07. The van der Waals surface area contributed by atoms with Crippen LogP contribution in [0.1, 0.15) is 31.2 Å². The van der Waals surface area contributed by atoms with Crippen molar-refractivity contribution < 1.29 is 9.84 Å². The average Bonchev–Trinajstić information content (AvgIpc) is 3.16. The van der Waals surface area contributed by atoms with Gasteiger partial charge in [-0.3, -0.25) is 4.79 Å². The number of aryl methyl sites for hydroxylation is 1. The molecule has 2 aromatic carbocycles. The van der Waals surface area contributed by atoms with Crippen molar-refractivity contribution in [3.05, 3.63) is 76.3 Å². The Morgan fingerprint density at radius 3 is 2.73 bits per heavy atom. The second kappa shape index (κ2) is 9.98. The zero-order valence-electron chi connectivity index (χ0n) is 16.8. The zero-order chi connectivity index (χ0) is 20.9. The molecule has 1 atom stereocenters. The largest absolute Gasteiger partial charge is 0.456 e. The zero-order valence-corrected chi connectivity index (χ0v) is 19.7. The lowest BCUT2D eigenvalue weighted by atomic mass is 10.0. The van der Waals surface area contributed by atoms with Crippen molar-refractivity contribution in [2.45, 2.75) is 38.2 Å². The highest BCUT2D eigenvalue weighted by Gasteiger charge is 2.17. The molecular formula is C25H25IO3S. The molecule has 1 aliphatic heterocycles. The first-order valence-electron chi connectivity index (χ1n) is 10.2. The number of fused-ring (bicyclic) bond motifs is 1. The van der Waals surface area contributed by atoms with Crippen molar-refractivity contribution in [3.63, 3.8) is 0 Å². The third-order valence-electron chi connectivity index (χ3n) is 5.13. The molecule has 0 fully saturated rings. The van der Waals surface area contributed by atoms with Gasteiger partial charge in [-0.25, -0.2) is 0 Å². The van der Waals surface area contributed by atoms with Gasteiger partial charge in [-0.05, 0) is 66.5 Å². The van der Waals surface area contributed by atoms with E-state index in [0.29, 0.717) is 6.42 Å². The first kappa shape index (κ1) is 21.4. The summed E-state index contributed by atoms with van der Waals surface area (Å²) in [4.78, 5) is 12.8. The summed E-state index contributed by atoms with van der Waals surface area (Å²) in [5.74, 6) is 0.760.